The van der Waals surface area contributed by atoms with E-state index in [4.69, 9.17) is 20.8 Å². The number of rotatable bonds is 6. The molecule has 0 saturated carbocycles. The molecule has 0 unspecified atom stereocenters. The molecular formula is C14H14FN5O2. The molecule has 0 spiro atoms. The first-order valence-electron chi connectivity index (χ1n) is 6.47. The first-order chi connectivity index (χ1) is 10.6. The van der Waals surface area contributed by atoms with E-state index in [1.807, 2.05) is 6.07 Å². The Kier molecular flexibility index (Phi) is 5.06. The maximum atomic E-state index is 13.0. The number of nitrogens with two attached hydrogens (primary N) is 1. The van der Waals surface area contributed by atoms with Crippen molar-refractivity contribution in [1.29, 1.82) is 5.26 Å². The first kappa shape index (κ1) is 15.5. The summed E-state index contributed by atoms with van der Waals surface area (Å²) in [5.41, 5.74) is 6.22. The van der Waals surface area contributed by atoms with Gasteiger partial charge in [-0.2, -0.15) is 10.2 Å². The summed E-state index contributed by atoms with van der Waals surface area (Å²) in [4.78, 5) is 7.50. The average Bonchev–Trinajstić information content (AvgIpc) is 2.52. The van der Waals surface area contributed by atoms with Crippen LogP contribution in [-0.2, 0) is 0 Å². The van der Waals surface area contributed by atoms with Gasteiger partial charge in [-0.1, -0.05) is 0 Å². The third kappa shape index (κ3) is 3.80. The molecule has 0 saturated heterocycles. The fourth-order valence-electron chi connectivity index (χ4n) is 1.64. The molecule has 1 aromatic carbocycles. The minimum Gasteiger partial charge on any atom is -0.492 e. The van der Waals surface area contributed by atoms with Crippen molar-refractivity contribution in [1.82, 2.24) is 9.97 Å². The van der Waals surface area contributed by atoms with Gasteiger partial charge >= 0.3 is 0 Å². The van der Waals surface area contributed by atoms with Crippen LogP contribution in [0.2, 0.25) is 0 Å². The highest BCUT2D eigenvalue weighted by atomic mass is 19.1. The van der Waals surface area contributed by atoms with Crippen molar-refractivity contribution in [3.63, 3.8) is 0 Å². The second kappa shape index (κ2) is 7.19. The lowest BCUT2D eigenvalue weighted by Crippen LogP contribution is -2.04. The third-order valence-corrected chi connectivity index (χ3v) is 2.69. The Bertz CT molecular complexity index is 702. The molecule has 0 amide bonds. The maximum absolute atomic E-state index is 13.0. The molecule has 1 heterocycles. The van der Waals surface area contributed by atoms with Crippen molar-refractivity contribution in [3.8, 4) is 11.8 Å². The average molecular weight is 303 g/mol. The molecule has 2 aromatic rings. The van der Waals surface area contributed by atoms with Crippen LogP contribution in [0.15, 0.2) is 24.4 Å². The van der Waals surface area contributed by atoms with Gasteiger partial charge in [0, 0.05) is 18.7 Å². The number of aliphatic hydroxyl groups is 1. The van der Waals surface area contributed by atoms with Gasteiger partial charge in [-0.25, -0.2) is 9.37 Å². The monoisotopic (exact) mass is 303 g/mol. The Hall–Kier alpha value is -2.92. The molecule has 4 N–H and O–H groups in total. The smallest absolute Gasteiger partial charge is 0.229 e. The minimum absolute atomic E-state index is 0.0187. The van der Waals surface area contributed by atoms with E-state index in [0.29, 0.717) is 30.0 Å². The Balaban J connectivity index is 2.15. The summed E-state index contributed by atoms with van der Waals surface area (Å²) >= 11 is 0. The number of ether oxygens (including phenoxy) is 1. The molecule has 0 bridgehead atoms. The molecule has 7 nitrogen and oxygen atoms in total. The molecule has 0 fully saturated rings. The highest BCUT2D eigenvalue weighted by molar-refractivity contribution is 5.60. The molecule has 22 heavy (non-hydrogen) atoms. The summed E-state index contributed by atoms with van der Waals surface area (Å²) in [7, 11) is 0. The van der Waals surface area contributed by atoms with E-state index in [0.717, 1.165) is 6.20 Å². The van der Waals surface area contributed by atoms with Crippen molar-refractivity contribution >= 4 is 17.5 Å². The van der Waals surface area contributed by atoms with Gasteiger partial charge in [0.2, 0.25) is 5.95 Å². The number of nitrogens with one attached hydrogen (secondary N) is 1. The van der Waals surface area contributed by atoms with Crippen LogP contribution in [-0.4, -0.2) is 28.3 Å². The van der Waals surface area contributed by atoms with E-state index in [-0.39, 0.29) is 18.4 Å². The molecule has 114 valence electrons. The molecule has 0 aliphatic carbocycles. The lowest BCUT2D eigenvalue weighted by atomic mass is 10.2. The zero-order chi connectivity index (χ0) is 15.9. The summed E-state index contributed by atoms with van der Waals surface area (Å²) in [6, 6.07) is 6.85. The number of aliphatic hydroxyl groups excluding tert-OH is 1. The van der Waals surface area contributed by atoms with Crippen molar-refractivity contribution in [2.75, 3.05) is 24.3 Å². The van der Waals surface area contributed by atoms with E-state index in [2.05, 4.69) is 15.3 Å². The largest absolute Gasteiger partial charge is 0.492 e. The zero-order valence-electron chi connectivity index (χ0n) is 11.6. The summed E-state index contributed by atoms with van der Waals surface area (Å²) in [5.74, 6) is -0.421. The van der Waals surface area contributed by atoms with E-state index < -0.39 is 5.82 Å². The number of nitriles is 1. The molecule has 0 atom stereocenters. The Morgan fingerprint density at radius 3 is 2.95 bits per heavy atom. The molecule has 0 aliphatic rings. The van der Waals surface area contributed by atoms with Gasteiger partial charge in [0.1, 0.15) is 11.8 Å². The summed E-state index contributed by atoms with van der Waals surface area (Å²) in [6.45, 7) is 0.334. The number of nitrogens with zero attached hydrogens (tertiary/aromatic N) is 3. The second-order valence-corrected chi connectivity index (χ2v) is 4.30. The van der Waals surface area contributed by atoms with Gasteiger partial charge in [-0.3, -0.25) is 0 Å². The standard InChI is InChI=1S/C14H14FN5O2/c15-11-8-18-14(20-13(11)17)19-10-2-3-12(9(6-10)7-16)22-5-1-4-21/h2-3,6,8,21H,1,4-5H2,(H3,17,18,19,20). The van der Waals surface area contributed by atoms with Crippen LogP contribution in [0.4, 0.5) is 21.8 Å². The molecule has 0 radical (unpaired) electrons. The number of anilines is 3. The Morgan fingerprint density at radius 2 is 2.27 bits per heavy atom. The van der Waals surface area contributed by atoms with Crippen molar-refractivity contribution in [2.24, 2.45) is 0 Å². The minimum atomic E-state index is -0.698. The van der Waals surface area contributed by atoms with Crippen molar-refractivity contribution < 1.29 is 14.2 Å². The predicted octanol–water partition coefficient (Wildman–Crippen LogP) is 1.57. The zero-order valence-corrected chi connectivity index (χ0v) is 11.6. The molecular weight excluding hydrogens is 289 g/mol. The lowest BCUT2D eigenvalue weighted by Gasteiger charge is -2.10. The van der Waals surface area contributed by atoms with Crippen LogP contribution in [0.1, 0.15) is 12.0 Å². The highest BCUT2D eigenvalue weighted by Crippen LogP contribution is 2.24. The fourth-order valence-corrected chi connectivity index (χ4v) is 1.64. The molecule has 2 rings (SSSR count). The van der Waals surface area contributed by atoms with Gasteiger partial charge in [0.25, 0.3) is 0 Å². The molecule has 1 aromatic heterocycles. The van der Waals surface area contributed by atoms with E-state index >= 15 is 0 Å². The van der Waals surface area contributed by atoms with Crippen LogP contribution in [0, 0.1) is 17.1 Å². The second-order valence-electron chi connectivity index (χ2n) is 4.30. The van der Waals surface area contributed by atoms with E-state index in [9.17, 15) is 4.39 Å². The maximum Gasteiger partial charge on any atom is 0.229 e. The van der Waals surface area contributed by atoms with E-state index in [1.54, 1.807) is 18.2 Å². The van der Waals surface area contributed by atoms with E-state index in [1.165, 1.54) is 0 Å². The van der Waals surface area contributed by atoms with Crippen LogP contribution in [0.3, 0.4) is 0 Å². The Morgan fingerprint density at radius 1 is 1.45 bits per heavy atom. The first-order valence-corrected chi connectivity index (χ1v) is 6.47. The van der Waals surface area contributed by atoms with Gasteiger partial charge in [-0.15, -0.1) is 0 Å². The quantitative estimate of drug-likeness (QED) is 0.693. The SMILES string of the molecule is N#Cc1cc(Nc2ncc(F)c(N)n2)ccc1OCCCO. The number of hydrogen-bond acceptors (Lipinski definition) is 7. The summed E-state index contributed by atoms with van der Waals surface area (Å²) in [5, 5.41) is 20.7. The van der Waals surface area contributed by atoms with Crippen LogP contribution in [0.25, 0.3) is 0 Å². The van der Waals surface area contributed by atoms with Gasteiger partial charge in [-0.05, 0) is 18.2 Å². The predicted molar refractivity (Wildman–Crippen MR) is 78.0 cm³/mol. The number of aromatic nitrogens is 2. The number of halogens is 1. The normalized spacial score (nSPS) is 10.0. The van der Waals surface area contributed by atoms with Gasteiger partial charge in [0.15, 0.2) is 11.6 Å². The topological polar surface area (TPSA) is 117 Å². The fraction of sp³-hybridized carbons (Fsp3) is 0.214. The van der Waals surface area contributed by atoms with Crippen LogP contribution < -0.4 is 15.8 Å². The van der Waals surface area contributed by atoms with Gasteiger partial charge in [0.05, 0.1) is 18.4 Å². The van der Waals surface area contributed by atoms with Crippen molar-refractivity contribution in [3.05, 3.63) is 35.8 Å². The third-order valence-electron chi connectivity index (χ3n) is 2.69. The number of nitrogen functional groups attached to an aromatic ring is 1. The summed E-state index contributed by atoms with van der Waals surface area (Å²) < 4.78 is 18.4. The number of hydrogen-bond donors (Lipinski definition) is 3. The summed E-state index contributed by atoms with van der Waals surface area (Å²) in [6.07, 6.45) is 1.44. The Labute approximate surface area is 126 Å². The number of benzene rings is 1. The molecule has 0 aliphatic heterocycles. The molecule has 8 heteroatoms. The van der Waals surface area contributed by atoms with Crippen molar-refractivity contribution in [2.45, 2.75) is 6.42 Å². The van der Waals surface area contributed by atoms with Crippen LogP contribution >= 0.6 is 0 Å². The van der Waals surface area contributed by atoms with Crippen LogP contribution in [0.5, 0.6) is 5.75 Å². The van der Waals surface area contributed by atoms with Gasteiger partial charge < -0.3 is 20.9 Å². The lowest BCUT2D eigenvalue weighted by molar-refractivity contribution is 0.233. The highest BCUT2D eigenvalue weighted by Gasteiger charge is 2.07.